The Morgan fingerprint density at radius 2 is 2.11 bits per heavy atom. The van der Waals surface area contributed by atoms with E-state index in [4.69, 9.17) is 0 Å². The zero-order valence-corrected chi connectivity index (χ0v) is 11.4. The lowest BCUT2D eigenvalue weighted by Gasteiger charge is -2.03. The van der Waals surface area contributed by atoms with E-state index in [0.717, 1.165) is 42.7 Å². The van der Waals surface area contributed by atoms with E-state index in [0.29, 0.717) is 5.92 Å². The van der Waals surface area contributed by atoms with Gasteiger partial charge >= 0.3 is 0 Å². The summed E-state index contributed by atoms with van der Waals surface area (Å²) in [6.45, 7) is 6.41. The molecule has 4 nitrogen and oxygen atoms in total. The Kier molecular flexibility index (Phi) is 3.84. The van der Waals surface area contributed by atoms with Crippen molar-refractivity contribution in [2.24, 2.45) is 0 Å². The van der Waals surface area contributed by atoms with Gasteiger partial charge in [0.1, 0.15) is 5.82 Å². The van der Waals surface area contributed by atoms with Crippen molar-refractivity contribution in [1.29, 1.82) is 0 Å². The molecule has 1 N–H and O–H groups in total. The predicted molar refractivity (Wildman–Crippen MR) is 73.1 cm³/mol. The van der Waals surface area contributed by atoms with Crippen LogP contribution in [-0.4, -0.2) is 14.6 Å². The summed E-state index contributed by atoms with van der Waals surface area (Å²) in [7, 11) is 0. The summed E-state index contributed by atoms with van der Waals surface area (Å²) in [5, 5.41) is 3.11. The van der Waals surface area contributed by atoms with Gasteiger partial charge in [0, 0.05) is 12.0 Å². The van der Waals surface area contributed by atoms with Crippen LogP contribution in [0, 0.1) is 0 Å². The normalized spacial score (nSPS) is 13.1. The highest BCUT2D eigenvalue weighted by Gasteiger charge is 2.11. The van der Waals surface area contributed by atoms with Crippen LogP contribution in [0.2, 0.25) is 0 Å². The number of aryl methyl sites for hydroxylation is 1. The zero-order valence-electron chi connectivity index (χ0n) is 11.4. The van der Waals surface area contributed by atoms with Crippen LogP contribution < -0.4 is 5.56 Å². The molecule has 2 aromatic heterocycles. The number of rotatable bonds is 5. The summed E-state index contributed by atoms with van der Waals surface area (Å²) in [6, 6.07) is 3.70. The molecule has 1 unspecified atom stereocenters. The SMILES string of the molecule is CCCc1cc(=O)n2[nH]c(C(C)CCC)nc2c1. The van der Waals surface area contributed by atoms with Gasteiger partial charge in [-0.3, -0.25) is 9.89 Å². The van der Waals surface area contributed by atoms with Crippen LogP contribution in [0.15, 0.2) is 16.9 Å². The molecule has 1 atom stereocenters. The fourth-order valence-corrected chi connectivity index (χ4v) is 2.29. The van der Waals surface area contributed by atoms with E-state index in [1.807, 2.05) is 6.07 Å². The second-order valence-corrected chi connectivity index (χ2v) is 4.94. The molecule has 0 aromatic carbocycles. The summed E-state index contributed by atoms with van der Waals surface area (Å²) in [5.74, 6) is 1.27. The van der Waals surface area contributed by atoms with Gasteiger partial charge < -0.3 is 0 Å². The van der Waals surface area contributed by atoms with Crippen LogP contribution in [0.1, 0.15) is 57.3 Å². The van der Waals surface area contributed by atoms with E-state index in [-0.39, 0.29) is 5.56 Å². The average molecular weight is 247 g/mol. The van der Waals surface area contributed by atoms with Gasteiger partial charge in [0.25, 0.3) is 5.56 Å². The summed E-state index contributed by atoms with van der Waals surface area (Å²) in [6.07, 6.45) is 4.17. The molecule has 0 spiro atoms. The summed E-state index contributed by atoms with van der Waals surface area (Å²) in [4.78, 5) is 16.5. The first-order chi connectivity index (χ1) is 8.65. The molecular formula is C14H21N3O. The third-order valence-corrected chi connectivity index (χ3v) is 3.26. The third-order valence-electron chi connectivity index (χ3n) is 3.26. The lowest BCUT2D eigenvalue weighted by molar-refractivity contribution is 0.624. The van der Waals surface area contributed by atoms with Crippen molar-refractivity contribution in [2.75, 3.05) is 0 Å². The molecule has 2 aromatic rings. The lowest BCUT2D eigenvalue weighted by Crippen LogP contribution is -2.14. The van der Waals surface area contributed by atoms with Crippen LogP contribution in [0.5, 0.6) is 0 Å². The first-order valence-corrected chi connectivity index (χ1v) is 6.77. The number of aromatic amines is 1. The first-order valence-electron chi connectivity index (χ1n) is 6.77. The molecule has 0 aliphatic rings. The quantitative estimate of drug-likeness (QED) is 0.883. The molecule has 0 amide bonds. The molecule has 0 saturated carbocycles. The lowest BCUT2D eigenvalue weighted by atomic mass is 10.1. The minimum atomic E-state index is -0.0154. The Balaban J connectivity index is 2.44. The number of H-pyrrole nitrogens is 1. The second-order valence-electron chi connectivity index (χ2n) is 4.94. The number of aromatic nitrogens is 3. The number of hydrogen-bond donors (Lipinski definition) is 1. The van der Waals surface area contributed by atoms with Crippen molar-refractivity contribution in [3.8, 4) is 0 Å². The van der Waals surface area contributed by atoms with Crippen molar-refractivity contribution < 1.29 is 0 Å². The first kappa shape index (κ1) is 12.9. The maximum atomic E-state index is 12.0. The van der Waals surface area contributed by atoms with E-state index >= 15 is 0 Å². The van der Waals surface area contributed by atoms with Crippen LogP contribution in [0.25, 0.3) is 5.65 Å². The molecule has 98 valence electrons. The molecule has 2 heterocycles. The molecular weight excluding hydrogens is 226 g/mol. The van der Waals surface area contributed by atoms with Crippen molar-refractivity contribution in [3.05, 3.63) is 33.9 Å². The van der Waals surface area contributed by atoms with Gasteiger partial charge in [-0.25, -0.2) is 9.50 Å². The molecule has 4 heteroatoms. The molecule has 18 heavy (non-hydrogen) atoms. The molecule has 0 fully saturated rings. The van der Waals surface area contributed by atoms with E-state index in [9.17, 15) is 4.79 Å². The minimum Gasteiger partial charge on any atom is -0.276 e. The number of fused-ring (bicyclic) bond motifs is 1. The van der Waals surface area contributed by atoms with Gasteiger partial charge in [-0.1, -0.05) is 33.6 Å². The second kappa shape index (κ2) is 5.38. The van der Waals surface area contributed by atoms with Crippen LogP contribution >= 0.6 is 0 Å². The van der Waals surface area contributed by atoms with Gasteiger partial charge in [0.2, 0.25) is 0 Å². The summed E-state index contributed by atoms with van der Waals surface area (Å²) >= 11 is 0. The Bertz CT molecular complexity index is 582. The largest absolute Gasteiger partial charge is 0.276 e. The molecule has 0 aliphatic heterocycles. The highest BCUT2D eigenvalue weighted by molar-refractivity contribution is 5.40. The standard InChI is InChI=1S/C14H21N3O/c1-4-6-10(3)14-15-12-8-11(7-5-2)9-13(18)17(12)16-14/h8-10H,4-7H2,1-3H3,(H,15,16). The van der Waals surface area contributed by atoms with E-state index in [2.05, 4.69) is 30.9 Å². The smallest absolute Gasteiger partial charge is 0.271 e. The fraction of sp³-hybridized carbons (Fsp3) is 0.571. The van der Waals surface area contributed by atoms with Crippen LogP contribution in [-0.2, 0) is 6.42 Å². The minimum absolute atomic E-state index is 0.0154. The average Bonchev–Trinajstić information content (AvgIpc) is 2.74. The Labute approximate surface area is 107 Å². The van der Waals surface area contributed by atoms with Crippen molar-refractivity contribution in [1.82, 2.24) is 14.6 Å². The summed E-state index contributed by atoms with van der Waals surface area (Å²) < 4.78 is 1.54. The Morgan fingerprint density at radius 1 is 1.33 bits per heavy atom. The highest BCUT2D eigenvalue weighted by atomic mass is 16.1. The topological polar surface area (TPSA) is 50.2 Å². The van der Waals surface area contributed by atoms with Gasteiger partial charge in [-0.05, 0) is 24.5 Å². The van der Waals surface area contributed by atoms with Crippen LogP contribution in [0.4, 0.5) is 0 Å². The number of hydrogen-bond acceptors (Lipinski definition) is 2. The van der Waals surface area contributed by atoms with Crippen LogP contribution in [0.3, 0.4) is 0 Å². The highest BCUT2D eigenvalue weighted by Crippen LogP contribution is 2.17. The Hall–Kier alpha value is -1.58. The maximum absolute atomic E-state index is 12.0. The number of nitrogens with one attached hydrogen (secondary N) is 1. The fourth-order valence-electron chi connectivity index (χ4n) is 2.29. The van der Waals surface area contributed by atoms with Gasteiger partial charge in [-0.15, -0.1) is 0 Å². The molecule has 0 radical (unpaired) electrons. The molecule has 0 aliphatic carbocycles. The monoisotopic (exact) mass is 247 g/mol. The maximum Gasteiger partial charge on any atom is 0.271 e. The molecule has 0 bridgehead atoms. The van der Waals surface area contributed by atoms with E-state index < -0.39 is 0 Å². The van der Waals surface area contributed by atoms with E-state index in [1.165, 1.54) is 0 Å². The van der Waals surface area contributed by atoms with Crippen molar-refractivity contribution in [3.63, 3.8) is 0 Å². The van der Waals surface area contributed by atoms with Gasteiger partial charge in [0.15, 0.2) is 5.65 Å². The zero-order chi connectivity index (χ0) is 13.1. The molecule has 0 saturated heterocycles. The van der Waals surface area contributed by atoms with Gasteiger partial charge in [0.05, 0.1) is 0 Å². The Morgan fingerprint density at radius 3 is 2.78 bits per heavy atom. The predicted octanol–water partition coefficient (Wildman–Crippen LogP) is 2.88. The van der Waals surface area contributed by atoms with Crippen molar-refractivity contribution >= 4 is 5.65 Å². The van der Waals surface area contributed by atoms with Crippen molar-refractivity contribution in [2.45, 2.75) is 52.4 Å². The number of nitrogens with zero attached hydrogens (tertiary/aromatic N) is 2. The van der Waals surface area contributed by atoms with E-state index in [1.54, 1.807) is 10.6 Å². The number of pyridine rings is 1. The molecule has 2 rings (SSSR count). The third kappa shape index (κ3) is 2.47. The summed E-state index contributed by atoms with van der Waals surface area (Å²) in [5.41, 5.74) is 1.80. The van der Waals surface area contributed by atoms with Gasteiger partial charge in [-0.2, -0.15) is 0 Å².